The molecular weight excluding hydrogens is 350 g/mol. The van der Waals surface area contributed by atoms with Crippen molar-refractivity contribution in [2.45, 2.75) is 57.5 Å². The van der Waals surface area contributed by atoms with Gasteiger partial charge < -0.3 is 10.2 Å². The molecule has 2 amide bonds. The van der Waals surface area contributed by atoms with E-state index in [0.717, 1.165) is 57.4 Å². The van der Waals surface area contributed by atoms with Crippen molar-refractivity contribution in [1.82, 2.24) is 15.1 Å². The van der Waals surface area contributed by atoms with Crippen molar-refractivity contribution in [2.75, 3.05) is 26.2 Å². The van der Waals surface area contributed by atoms with Crippen LogP contribution in [0.3, 0.4) is 0 Å². The second-order valence-electron chi connectivity index (χ2n) is 8.68. The van der Waals surface area contributed by atoms with Gasteiger partial charge in [-0.2, -0.15) is 0 Å². The Morgan fingerprint density at radius 1 is 0.929 bits per heavy atom. The number of rotatable bonds is 6. The normalized spacial score (nSPS) is 22.6. The number of nitrogens with one attached hydrogen (secondary N) is 1. The molecule has 3 aliphatic rings. The van der Waals surface area contributed by atoms with Crippen LogP contribution in [0.2, 0.25) is 0 Å². The maximum atomic E-state index is 13.1. The average Bonchev–Trinajstić information content (AvgIpc) is 3.21. The highest BCUT2D eigenvalue weighted by atomic mass is 16.2. The molecule has 4 rings (SSSR count). The van der Waals surface area contributed by atoms with Crippen LogP contribution in [-0.4, -0.2) is 53.8 Å². The van der Waals surface area contributed by atoms with Gasteiger partial charge in [-0.05, 0) is 37.2 Å². The molecule has 5 heteroatoms. The third-order valence-corrected chi connectivity index (χ3v) is 6.90. The van der Waals surface area contributed by atoms with Gasteiger partial charge in [0, 0.05) is 38.6 Å². The third kappa shape index (κ3) is 4.40. The van der Waals surface area contributed by atoms with E-state index >= 15 is 0 Å². The summed E-state index contributed by atoms with van der Waals surface area (Å²) in [7, 11) is 0. The summed E-state index contributed by atoms with van der Waals surface area (Å²) in [6.07, 6.45) is 8.06. The monoisotopic (exact) mass is 383 g/mol. The second-order valence-corrected chi connectivity index (χ2v) is 8.68. The molecule has 0 radical (unpaired) electrons. The van der Waals surface area contributed by atoms with E-state index < -0.39 is 0 Å². The van der Waals surface area contributed by atoms with Crippen LogP contribution in [0, 0.1) is 11.8 Å². The van der Waals surface area contributed by atoms with Gasteiger partial charge in [0.1, 0.15) is 0 Å². The summed E-state index contributed by atoms with van der Waals surface area (Å²) < 4.78 is 0. The Hall–Kier alpha value is -1.88. The van der Waals surface area contributed by atoms with Crippen molar-refractivity contribution in [3.05, 3.63) is 35.9 Å². The highest BCUT2D eigenvalue weighted by Crippen LogP contribution is 2.32. The van der Waals surface area contributed by atoms with Gasteiger partial charge in [0.2, 0.25) is 11.8 Å². The minimum absolute atomic E-state index is 0.0489. The quantitative estimate of drug-likeness (QED) is 0.822. The fourth-order valence-corrected chi connectivity index (χ4v) is 4.97. The van der Waals surface area contributed by atoms with Crippen LogP contribution < -0.4 is 5.32 Å². The van der Waals surface area contributed by atoms with Gasteiger partial charge in [-0.25, -0.2) is 0 Å². The molecule has 28 heavy (non-hydrogen) atoms. The van der Waals surface area contributed by atoms with Crippen molar-refractivity contribution >= 4 is 11.8 Å². The van der Waals surface area contributed by atoms with Gasteiger partial charge in [-0.3, -0.25) is 14.5 Å². The van der Waals surface area contributed by atoms with Gasteiger partial charge in [0.15, 0.2) is 0 Å². The van der Waals surface area contributed by atoms with Crippen molar-refractivity contribution in [1.29, 1.82) is 0 Å². The van der Waals surface area contributed by atoms with Crippen LogP contribution in [0.25, 0.3) is 0 Å². The van der Waals surface area contributed by atoms with Crippen LogP contribution in [-0.2, 0) is 16.1 Å². The predicted octanol–water partition coefficient (Wildman–Crippen LogP) is 2.81. The Morgan fingerprint density at radius 3 is 2.21 bits per heavy atom. The number of hydrogen-bond acceptors (Lipinski definition) is 3. The van der Waals surface area contributed by atoms with E-state index in [-0.39, 0.29) is 17.9 Å². The Kier molecular flexibility index (Phi) is 6.30. The summed E-state index contributed by atoms with van der Waals surface area (Å²) in [4.78, 5) is 30.1. The molecule has 1 aromatic carbocycles. The SMILES string of the molecule is O=C(NCc1ccccc1)C(C1CCCC1)N1CCN(C(=O)C2CCC2)CC1. The minimum Gasteiger partial charge on any atom is -0.351 e. The molecule has 1 aliphatic heterocycles. The van der Waals surface area contributed by atoms with E-state index in [9.17, 15) is 9.59 Å². The van der Waals surface area contributed by atoms with Gasteiger partial charge in [0.25, 0.3) is 0 Å². The lowest BCUT2D eigenvalue weighted by Gasteiger charge is -2.42. The fraction of sp³-hybridized carbons (Fsp3) is 0.652. The zero-order valence-electron chi connectivity index (χ0n) is 16.8. The van der Waals surface area contributed by atoms with Gasteiger partial charge in [0.05, 0.1) is 6.04 Å². The molecule has 0 spiro atoms. The lowest BCUT2D eigenvalue weighted by atomic mass is 9.84. The van der Waals surface area contributed by atoms with Gasteiger partial charge in [-0.15, -0.1) is 0 Å². The molecular formula is C23H33N3O2. The lowest BCUT2D eigenvalue weighted by molar-refractivity contribution is -0.141. The van der Waals surface area contributed by atoms with E-state index in [1.165, 1.54) is 19.3 Å². The maximum Gasteiger partial charge on any atom is 0.237 e. The molecule has 3 fully saturated rings. The Bertz CT molecular complexity index is 660. The molecule has 2 saturated carbocycles. The lowest BCUT2D eigenvalue weighted by Crippen LogP contribution is -2.58. The summed E-state index contributed by atoms with van der Waals surface area (Å²) in [5, 5.41) is 3.18. The van der Waals surface area contributed by atoms with E-state index in [4.69, 9.17) is 0 Å². The highest BCUT2D eigenvalue weighted by Gasteiger charge is 2.38. The number of hydrogen-bond donors (Lipinski definition) is 1. The van der Waals surface area contributed by atoms with Crippen LogP contribution in [0.5, 0.6) is 0 Å². The minimum atomic E-state index is -0.0489. The molecule has 1 unspecified atom stereocenters. The Balaban J connectivity index is 1.36. The zero-order valence-corrected chi connectivity index (χ0v) is 16.8. The molecule has 152 valence electrons. The molecule has 1 N–H and O–H groups in total. The van der Waals surface area contributed by atoms with Crippen molar-refractivity contribution in [3.63, 3.8) is 0 Å². The van der Waals surface area contributed by atoms with Crippen LogP contribution >= 0.6 is 0 Å². The molecule has 5 nitrogen and oxygen atoms in total. The second kappa shape index (κ2) is 9.08. The van der Waals surface area contributed by atoms with Crippen molar-refractivity contribution in [2.24, 2.45) is 11.8 Å². The van der Waals surface area contributed by atoms with Crippen molar-refractivity contribution < 1.29 is 9.59 Å². The van der Waals surface area contributed by atoms with E-state index in [0.29, 0.717) is 18.4 Å². The molecule has 1 aromatic rings. The summed E-state index contributed by atoms with van der Waals surface area (Å²) in [5.74, 6) is 1.22. The zero-order chi connectivity index (χ0) is 19.3. The number of carbonyl (C=O) groups is 2. The number of nitrogens with zero attached hydrogens (tertiary/aromatic N) is 2. The fourth-order valence-electron chi connectivity index (χ4n) is 4.97. The summed E-state index contributed by atoms with van der Waals surface area (Å²) in [5.41, 5.74) is 1.14. The largest absolute Gasteiger partial charge is 0.351 e. The number of carbonyl (C=O) groups excluding carboxylic acids is 2. The maximum absolute atomic E-state index is 13.1. The number of piperazine rings is 1. The summed E-state index contributed by atoms with van der Waals surface area (Å²) in [6, 6.07) is 10.1. The Labute approximate surface area is 168 Å². The Morgan fingerprint density at radius 2 is 1.61 bits per heavy atom. The first-order valence-electron chi connectivity index (χ1n) is 11.1. The first-order valence-corrected chi connectivity index (χ1v) is 11.1. The first kappa shape index (κ1) is 19.4. The van der Waals surface area contributed by atoms with E-state index in [1.54, 1.807) is 0 Å². The molecule has 1 atom stereocenters. The average molecular weight is 384 g/mol. The van der Waals surface area contributed by atoms with Crippen LogP contribution in [0.4, 0.5) is 0 Å². The summed E-state index contributed by atoms with van der Waals surface area (Å²) in [6.45, 7) is 3.76. The molecule has 0 aromatic heterocycles. The van der Waals surface area contributed by atoms with Gasteiger partial charge >= 0.3 is 0 Å². The molecule has 2 aliphatic carbocycles. The number of benzene rings is 1. The predicted molar refractivity (Wildman–Crippen MR) is 110 cm³/mol. The van der Waals surface area contributed by atoms with Crippen LogP contribution in [0.15, 0.2) is 30.3 Å². The highest BCUT2D eigenvalue weighted by molar-refractivity contribution is 5.82. The van der Waals surface area contributed by atoms with E-state index in [1.807, 2.05) is 23.1 Å². The van der Waals surface area contributed by atoms with E-state index in [2.05, 4.69) is 22.3 Å². The third-order valence-electron chi connectivity index (χ3n) is 6.90. The van der Waals surface area contributed by atoms with Crippen molar-refractivity contribution in [3.8, 4) is 0 Å². The standard InChI is InChI=1S/C23H33N3O2/c27-22(24-17-18-7-2-1-3-8-18)21(19-9-4-5-10-19)25-13-15-26(16-14-25)23(28)20-11-6-12-20/h1-3,7-8,19-21H,4-6,9-17H2,(H,24,27). The topological polar surface area (TPSA) is 52.7 Å². The molecule has 1 heterocycles. The first-order chi connectivity index (χ1) is 13.7. The van der Waals surface area contributed by atoms with Crippen LogP contribution in [0.1, 0.15) is 50.5 Å². The molecule has 1 saturated heterocycles. The smallest absolute Gasteiger partial charge is 0.237 e. The van der Waals surface area contributed by atoms with Gasteiger partial charge in [-0.1, -0.05) is 49.6 Å². The number of amides is 2. The summed E-state index contributed by atoms with van der Waals surface area (Å²) >= 11 is 0. The molecule has 0 bridgehead atoms.